The lowest BCUT2D eigenvalue weighted by Gasteiger charge is -2.33. The van der Waals surface area contributed by atoms with Crippen molar-refractivity contribution in [3.05, 3.63) is 30.1 Å². The van der Waals surface area contributed by atoms with Crippen LogP contribution in [0.15, 0.2) is 24.3 Å². The molecule has 2 unspecified atom stereocenters. The van der Waals surface area contributed by atoms with E-state index in [1.165, 1.54) is 11.9 Å². The van der Waals surface area contributed by atoms with Crippen LogP contribution in [0.5, 0.6) is 0 Å². The van der Waals surface area contributed by atoms with Gasteiger partial charge in [-0.1, -0.05) is 12.1 Å². The molecule has 0 aliphatic carbocycles. The number of aromatic nitrogens is 2. The lowest BCUT2D eigenvalue weighted by Crippen LogP contribution is -2.42. The zero-order valence-electron chi connectivity index (χ0n) is 16.8. The molecular weight excluding hydrogens is 395 g/mol. The molecule has 4 rings (SSSR count). The standard InChI is InChI=1S/C21H30N4O.2ClH/c1-15(2)25-19-10-4-3-9-18(19)23-21(25)16-7-6-12-24(14-16)20(26)13-17-8-5-11-22-17;;/h3-4,9-10,15-17,22H,5-8,11-14H2,1-2H3;2*1H. The minimum Gasteiger partial charge on any atom is -0.342 e. The Labute approximate surface area is 180 Å². The van der Waals surface area contributed by atoms with Crippen LogP contribution < -0.4 is 5.32 Å². The molecular formula is C21H32Cl2N4O. The van der Waals surface area contributed by atoms with E-state index >= 15 is 0 Å². The van der Waals surface area contributed by atoms with E-state index in [1.54, 1.807) is 0 Å². The van der Waals surface area contributed by atoms with Gasteiger partial charge in [-0.2, -0.15) is 0 Å². The topological polar surface area (TPSA) is 50.2 Å². The third-order valence-corrected chi connectivity index (χ3v) is 5.86. The molecule has 2 saturated heterocycles. The first-order chi connectivity index (χ1) is 12.6. The molecule has 156 valence electrons. The van der Waals surface area contributed by atoms with Crippen molar-refractivity contribution >= 4 is 41.8 Å². The number of benzene rings is 1. The summed E-state index contributed by atoms with van der Waals surface area (Å²) in [6.07, 6.45) is 5.15. The summed E-state index contributed by atoms with van der Waals surface area (Å²) < 4.78 is 2.37. The molecule has 7 heteroatoms. The van der Waals surface area contributed by atoms with Crippen molar-refractivity contribution < 1.29 is 4.79 Å². The largest absolute Gasteiger partial charge is 0.342 e. The summed E-state index contributed by atoms with van der Waals surface area (Å²) in [5.74, 6) is 1.79. The fourth-order valence-electron chi connectivity index (χ4n) is 4.58. The maximum atomic E-state index is 12.8. The minimum atomic E-state index is 0. The van der Waals surface area contributed by atoms with E-state index in [0.29, 0.717) is 30.3 Å². The Morgan fingerprint density at radius 1 is 1.21 bits per heavy atom. The first-order valence-corrected chi connectivity index (χ1v) is 10.1. The zero-order valence-corrected chi connectivity index (χ0v) is 18.4. The van der Waals surface area contributed by atoms with Gasteiger partial charge in [-0.15, -0.1) is 24.8 Å². The number of carbonyl (C=O) groups excluding carboxylic acids is 1. The van der Waals surface area contributed by atoms with Crippen molar-refractivity contribution in [2.24, 2.45) is 0 Å². The molecule has 1 aromatic heterocycles. The van der Waals surface area contributed by atoms with E-state index in [1.807, 2.05) is 0 Å². The first kappa shape index (κ1) is 23.0. The van der Waals surface area contributed by atoms with Crippen molar-refractivity contribution in [2.45, 2.75) is 64.0 Å². The normalized spacial score (nSPS) is 22.2. The van der Waals surface area contributed by atoms with Gasteiger partial charge in [0, 0.05) is 37.5 Å². The monoisotopic (exact) mass is 426 g/mol. The van der Waals surface area contributed by atoms with E-state index in [4.69, 9.17) is 4.98 Å². The maximum absolute atomic E-state index is 12.8. The van der Waals surface area contributed by atoms with E-state index in [9.17, 15) is 4.79 Å². The fraction of sp³-hybridized carbons (Fsp3) is 0.619. The molecule has 1 N–H and O–H groups in total. The van der Waals surface area contributed by atoms with Gasteiger partial charge in [-0.05, 0) is 58.2 Å². The van der Waals surface area contributed by atoms with Crippen LogP contribution in [0, 0.1) is 0 Å². The van der Waals surface area contributed by atoms with Crippen LogP contribution in [0.4, 0.5) is 0 Å². The Hall–Kier alpha value is -1.30. The lowest BCUT2D eigenvalue weighted by atomic mass is 9.96. The van der Waals surface area contributed by atoms with Crippen molar-refractivity contribution in [1.82, 2.24) is 19.8 Å². The van der Waals surface area contributed by atoms with E-state index in [0.717, 1.165) is 50.2 Å². The molecule has 2 aliphatic rings. The second-order valence-corrected chi connectivity index (χ2v) is 8.10. The number of imidazole rings is 1. The van der Waals surface area contributed by atoms with Crippen LogP contribution in [-0.4, -0.2) is 46.0 Å². The molecule has 3 heterocycles. The van der Waals surface area contributed by atoms with E-state index < -0.39 is 0 Å². The van der Waals surface area contributed by atoms with Crippen LogP contribution in [0.2, 0.25) is 0 Å². The molecule has 0 radical (unpaired) electrons. The van der Waals surface area contributed by atoms with Gasteiger partial charge in [0.25, 0.3) is 0 Å². The molecule has 0 saturated carbocycles. The average Bonchev–Trinajstić information content (AvgIpc) is 3.29. The fourth-order valence-corrected chi connectivity index (χ4v) is 4.58. The molecule has 5 nitrogen and oxygen atoms in total. The minimum absolute atomic E-state index is 0. The number of rotatable bonds is 4. The summed E-state index contributed by atoms with van der Waals surface area (Å²) in [7, 11) is 0. The number of piperidine rings is 1. The molecule has 1 amide bonds. The van der Waals surface area contributed by atoms with Gasteiger partial charge in [0.15, 0.2) is 0 Å². The second-order valence-electron chi connectivity index (χ2n) is 8.10. The Morgan fingerprint density at radius 2 is 2.00 bits per heavy atom. The van der Waals surface area contributed by atoms with Gasteiger partial charge >= 0.3 is 0 Å². The summed E-state index contributed by atoms with van der Waals surface area (Å²) in [6, 6.07) is 9.13. The Kier molecular flexibility index (Phi) is 8.17. The number of halogens is 2. The number of carbonyl (C=O) groups is 1. The third-order valence-electron chi connectivity index (χ3n) is 5.86. The summed E-state index contributed by atoms with van der Waals surface area (Å²) in [5.41, 5.74) is 2.27. The number of nitrogens with one attached hydrogen (secondary N) is 1. The SMILES string of the molecule is CC(C)n1c(C2CCCN(C(=O)CC3CCCN3)C2)nc2ccccc21.Cl.Cl. The highest BCUT2D eigenvalue weighted by molar-refractivity contribution is 5.85. The summed E-state index contributed by atoms with van der Waals surface area (Å²) in [5, 5.41) is 3.45. The first-order valence-electron chi connectivity index (χ1n) is 10.1. The van der Waals surface area contributed by atoms with E-state index in [-0.39, 0.29) is 24.8 Å². The third kappa shape index (κ3) is 4.64. The summed E-state index contributed by atoms with van der Waals surface area (Å²) in [6.45, 7) is 7.19. The van der Waals surface area contributed by atoms with Crippen LogP contribution in [-0.2, 0) is 4.79 Å². The summed E-state index contributed by atoms with van der Waals surface area (Å²) >= 11 is 0. The zero-order chi connectivity index (χ0) is 18.1. The smallest absolute Gasteiger partial charge is 0.224 e. The van der Waals surface area contributed by atoms with Crippen LogP contribution in [0.25, 0.3) is 11.0 Å². The van der Waals surface area contributed by atoms with Crippen molar-refractivity contribution in [3.63, 3.8) is 0 Å². The van der Waals surface area contributed by atoms with Gasteiger partial charge < -0.3 is 14.8 Å². The molecule has 0 bridgehead atoms. The number of nitrogens with zero attached hydrogens (tertiary/aromatic N) is 3. The van der Waals surface area contributed by atoms with Crippen molar-refractivity contribution in [2.75, 3.05) is 19.6 Å². The van der Waals surface area contributed by atoms with Gasteiger partial charge in [0.2, 0.25) is 5.91 Å². The van der Waals surface area contributed by atoms with Crippen molar-refractivity contribution in [3.8, 4) is 0 Å². The quantitative estimate of drug-likeness (QED) is 0.791. The molecule has 28 heavy (non-hydrogen) atoms. The highest BCUT2D eigenvalue weighted by atomic mass is 35.5. The maximum Gasteiger partial charge on any atom is 0.224 e. The highest BCUT2D eigenvalue weighted by Gasteiger charge is 2.30. The predicted molar refractivity (Wildman–Crippen MR) is 119 cm³/mol. The number of hydrogen-bond acceptors (Lipinski definition) is 3. The van der Waals surface area contributed by atoms with Crippen LogP contribution in [0.3, 0.4) is 0 Å². The lowest BCUT2D eigenvalue weighted by molar-refractivity contribution is -0.132. The Balaban J connectivity index is 0.00000140. The molecule has 2 fully saturated rings. The highest BCUT2D eigenvalue weighted by Crippen LogP contribution is 2.32. The van der Waals surface area contributed by atoms with Gasteiger partial charge in [-0.25, -0.2) is 4.98 Å². The molecule has 1 aromatic carbocycles. The van der Waals surface area contributed by atoms with E-state index in [2.05, 4.69) is 52.9 Å². The van der Waals surface area contributed by atoms with Crippen molar-refractivity contribution in [1.29, 1.82) is 0 Å². The number of para-hydroxylation sites is 2. The van der Waals surface area contributed by atoms with Crippen LogP contribution >= 0.6 is 24.8 Å². The number of amides is 1. The molecule has 2 aromatic rings. The molecule has 2 atom stereocenters. The average molecular weight is 427 g/mol. The Bertz CT molecular complexity index is 786. The molecule has 0 spiro atoms. The number of fused-ring (bicyclic) bond motifs is 1. The van der Waals surface area contributed by atoms with Gasteiger partial charge in [-0.3, -0.25) is 4.79 Å². The number of hydrogen-bond donors (Lipinski definition) is 1. The number of likely N-dealkylation sites (tertiary alicyclic amines) is 1. The molecule has 2 aliphatic heterocycles. The van der Waals surface area contributed by atoms with Crippen LogP contribution in [0.1, 0.15) is 63.7 Å². The summed E-state index contributed by atoms with van der Waals surface area (Å²) in [4.78, 5) is 19.8. The van der Waals surface area contributed by atoms with Gasteiger partial charge in [0.1, 0.15) is 5.82 Å². The second kappa shape index (κ2) is 9.95. The van der Waals surface area contributed by atoms with Gasteiger partial charge in [0.05, 0.1) is 11.0 Å². The Morgan fingerprint density at radius 3 is 2.71 bits per heavy atom. The predicted octanol–water partition coefficient (Wildman–Crippen LogP) is 4.31.